The molecule has 1 aliphatic heterocycles. The van der Waals surface area contributed by atoms with Gasteiger partial charge in [0, 0.05) is 13.6 Å². The second kappa shape index (κ2) is 8.18. The van der Waals surface area contributed by atoms with Crippen LogP contribution < -0.4 is 9.46 Å². The van der Waals surface area contributed by atoms with Crippen molar-refractivity contribution in [2.75, 3.05) is 20.2 Å². The zero-order valence-corrected chi connectivity index (χ0v) is 15.8. The summed E-state index contributed by atoms with van der Waals surface area (Å²) in [5.74, 6) is 0.741. The minimum atomic E-state index is -3.44. The quantitative estimate of drug-likeness (QED) is 0.804. The van der Waals surface area contributed by atoms with Crippen molar-refractivity contribution in [2.24, 2.45) is 0 Å². The summed E-state index contributed by atoms with van der Waals surface area (Å²) in [5.41, 5.74) is 1.97. The second-order valence-corrected chi connectivity index (χ2v) is 8.20. The van der Waals surface area contributed by atoms with Crippen LogP contribution in [0, 0.1) is 0 Å². The van der Waals surface area contributed by atoms with Gasteiger partial charge in [-0.25, -0.2) is 13.1 Å². The van der Waals surface area contributed by atoms with Crippen molar-refractivity contribution >= 4 is 10.0 Å². The number of hydrogen-bond acceptors (Lipinski definition) is 5. The Bertz CT molecular complexity index is 809. The summed E-state index contributed by atoms with van der Waals surface area (Å²) in [6, 6.07) is 17.1. The molecule has 0 amide bonds. The van der Waals surface area contributed by atoms with Gasteiger partial charge in [-0.2, -0.15) is 5.06 Å². The molecule has 0 radical (unpaired) electrons. The minimum absolute atomic E-state index is 0.142. The van der Waals surface area contributed by atoms with Crippen LogP contribution in [0.4, 0.5) is 0 Å². The molecule has 0 aromatic heterocycles. The summed E-state index contributed by atoms with van der Waals surface area (Å²) in [6.07, 6.45) is 0. The molecule has 6 nitrogen and oxygen atoms in total. The average molecular weight is 376 g/mol. The second-order valence-electron chi connectivity index (χ2n) is 6.21. The number of rotatable bonds is 7. The lowest BCUT2D eigenvalue weighted by Gasteiger charge is -2.23. The molecule has 2 aromatic rings. The number of ether oxygens (including phenoxy) is 1. The number of nitrogens with zero attached hydrogens (tertiary/aromatic N) is 1. The Morgan fingerprint density at radius 3 is 2.50 bits per heavy atom. The Balaban J connectivity index is 1.72. The molecule has 140 valence electrons. The first-order valence-electron chi connectivity index (χ1n) is 8.62. The number of benzene rings is 2. The average Bonchev–Trinajstić information content (AvgIpc) is 3.04. The Hall–Kier alpha value is -1.93. The fourth-order valence-corrected chi connectivity index (χ4v) is 4.62. The predicted octanol–water partition coefficient (Wildman–Crippen LogP) is 2.49. The molecular formula is C19H24N2O4S. The topological polar surface area (TPSA) is 67.9 Å². The summed E-state index contributed by atoms with van der Waals surface area (Å²) >= 11 is 0. The lowest BCUT2D eigenvalue weighted by Crippen LogP contribution is -2.39. The molecule has 1 fully saturated rings. The lowest BCUT2D eigenvalue weighted by atomic mass is 10.0. The van der Waals surface area contributed by atoms with Crippen molar-refractivity contribution in [1.29, 1.82) is 0 Å². The SMILES string of the molecule is CCNS(=O)(=O)C1CON(C)C1c1ccc(OCc2ccccc2)cc1. The van der Waals surface area contributed by atoms with Gasteiger partial charge in [-0.1, -0.05) is 49.4 Å². The van der Waals surface area contributed by atoms with Gasteiger partial charge in [0.1, 0.15) is 17.6 Å². The van der Waals surface area contributed by atoms with Gasteiger partial charge in [-0.3, -0.25) is 4.84 Å². The third-order valence-corrected chi connectivity index (χ3v) is 6.28. The molecule has 2 unspecified atom stereocenters. The number of sulfonamides is 1. The summed E-state index contributed by atoms with van der Waals surface area (Å²) in [6.45, 7) is 2.76. The molecule has 2 aromatic carbocycles. The molecule has 2 atom stereocenters. The summed E-state index contributed by atoms with van der Waals surface area (Å²) in [5, 5.41) is 0.961. The normalized spacial score (nSPS) is 21.0. The highest BCUT2D eigenvalue weighted by Gasteiger charge is 2.42. The first-order chi connectivity index (χ1) is 12.5. The zero-order chi connectivity index (χ0) is 18.6. The monoisotopic (exact) mass is 376 g/mol. The summed E-state index contributed by atoms with van der Waals surface area (Å²) in [4.78, 5) is 5.48. The van der Waals surface area contributed by atoms with Gasteiger partial charge >= 0.3 is 0 Å². The van der Waals surface area contributed by atoms with Crippen LogP contribution in [0.5, 0.6) is 5.75 Å². The molecule has 26 heavy (non-hydrogen) atoms. The number of hydroxylamine groups is 2. The van der Waals surface area contributed by atoms with Gasteiger partial charge in [-0.15, -0.1) is 0 Å². The van der Waals surface area contributed by atoms with E-state index in [1.54, 1.807) is 19.0 Å². The van der Waals surface area contributed by atoms with E-state index < -0.39 is 15.3 Å². The van der Waals surface area contributed by atoms with Gasteiger partial charge < -0.3 is 4.74 Å². The van der Waals surface area contributed by atoms with Crippen LogP contribution in [-0.4, -0.2) is 38.9 Å². The molecule has 1 aliphatic rings. The van der Waals surface area contributed by atoms with Crippen LogP contribution in [0.1, 0.15) is 24.1 Å². The highest BCUT2D eigenvalue weighted by Crippen LogP contribution is 2.34. The molecule has 0 spiro atoms. The Morgan fingerprint density at radius 2 is 1.85 bits per heavy atom. The van der Waals surface area contributed by atoms with E-state index in [9.17, 15) is 8.42 Å². The van der Waals surface area contributed by atoms with Crippen LogP contribution in [-0.2, 0) is 21.5 Å². The van der Waals surface area contributed by atoms with E-state index >= 15 is 0 Å². The van der Waals surface area contributed by atoms with E-state index in [4.69, 9.17) is 9.57 Å². The first kappa shape index (κ1) is 18.8. The maximum Gasteiger partial charge on any atom is 0.218 e. The first-order valence-corrected chi connectivity index (χ1v) is 10.2. The van der Waals surface area contributed by atoms with E-state index in [1.165, 1.54) is 0 Å². The summed E-state index contributed by atoms with van der Waals surface area (Å²) < 4.78 is 33.3. The fourth-order valence-electron chi connectivity index (χ4n) is 3.09. The number of hydrogen-bond donors (Lipinski definition) is 1. The van der Waals surface area contributed by atoms with Crippen LogP contribution in [0.2, 0.25) is 0 Å². The highest BCUT2D eigenvalue weighted by atomic mass is 32.2. The van der Waals surface area contributed by atoms with Crippen molar-refractivity contribution < 1.29 is 18.0 Å². The maximum absolute atomic E-state index is 12.4. The van der Waals surface area contributed by atoms with E-state index in [1.807, 2.05) is 54.6 Å². The molecule has 7 heteroatoms. The van der Waals surface area contributed by atoms with E-state index in [0.717, 1.165) is 16.9 Å². The molecular weight excluding hydrogens is 352 g/mol. The van der Waals surface area contributed by atoms with Crippen LogP contribution >= 0.6 is 0 Å². The van der Waals surface area contributed by atoms with Crippen LogP contribution in [0.15, 0.2) is 54.6 Å². The zero-order valence-electron chi connectivity index (χ0n) is 15.0. The number of nitrogens with one attached hydrogen (secondary N) is 1. The van der Waals surface area contributed by atoms with Crippen molar-refractivity contribution in [3.05, 3.63) is 65.7 Å². The van der Waals surface area contributed by atoms with Gasteiger partial charge in [0.15, 0.2) is 0 Å². The van der Waals surface area contributed by atoms with Gasteiger partial charge in [0.2, 0.25) is 10.0 Å². The third kappa shape index (κ3) is 4.24. The maximum atomic E-state index is 12.4. The molecule has 1 heterocycles. The van der Waals surface area contributed by atoms with E-state index in [2.05, 4.69) is 4.72 Å². The molecule has 3 rings (SSSR count). The summed E-state index contributed by atoms with van der Waals surface area (Å²) in [7, 11) is -1.69. The molecule has 0 saturated carbocycles. The highest BCUT2D eigenvalue weighted by molar-refractivity contribution is 7.90. The largest absolute Gasteiger partial charge is 0.489 e. The van der Waals surface area contributed by atoms with Gasteiger partial charge in [0.25, 0.3) is 0 Å². The van der Waals surface area contributed by atoms with E-state index in [0.29, 0.717) is 13.2 Å². The van der Waals surface area contributed by atoms with E-state index in [-0.39, 0.29) is 12.6 Å². The molecule has 1 N–H and O–H groups in total. The van der Waals surface area contributed by atoms with Crippen molar-refractivity contribution in [3.8, 4) is 5.75 Å². The Morgan fingerprint density at radius 1 is 1.15 bits per heavy atom. The Labute approximate surface area is 154 Å². The fraction of sp³-hybridized carbons (Fsp3) is 0.368. The Kier molecular flexibility index (Phi) is 5.93. The van der Waals surface area contributed by atoms with Crippen molar-refractivity contribution in [1.82, 2.24) is 9.79 Å². The van der Waals surface area contributed by atoms with Crippen molar-refractivity contribution in [3.63, 3.8) is 0 Å². The van der Waals surface area contributed by atoms with Crippen molar-refractivity contribution in [2.45, 2.75) is 24.8 Å². The van der Waals surface area contributed by atoms with Crippen LogP contribution in [0.25, 0.3) is 0 Å². The lowest BCUT2D eigenvalue weighted by molar-refractivity contribution is -0.110. The third-order valence-electron chi connectivity index (χ3n) is 4.40. The smallest absolute Gasteiger partial charge is 0.218 e. The van der Waals surface area contributed by atoms with Crippen LogP contribution in [0.3, 0.4) is 0 Å². The predicted molar refractivity (Wildman–Crippen MR) is 100 cm³/mol. The standard InChI is InChI=1S/C19H24N2O4S/c1-3-20-26(22,23)18-14-25-21(2)19(18)16-9-11-17(12-10-16)24-13-15-7-5-4-6-8-15/h4-12,18-20H,3,13-14H2,1-2H3. The minimum Gasteiger partial charge on any atom is -0.489 e. The molecule has 0 bridgehead atoms. The molecule has 1 saturated heterocycles. The van der Waals surface area contributed by atoms with Gasteiger partial charge in [0.05, 0.1) is 12.6 Å². The molecule has 0 aliphatic carbocycles. The van der Waals surface area contributed by atoms with Gasteiger partial charge in [-0.05, 0) is 23.3 Å².